The molecule has 0 spiro atoms. The molecule has 0 saturated carbocycles. The minimum atomic E-state index is -1.01. The number of nitrogens with one attached hydrogen (secondary N) is 1. The molecule has 0 aromatic heterocycles. The fourth-order valence-corrected chi connectivity index (χ4v) is 4.23. The summed E-state index contributed by atoms with van der Waals surface area (Å²) in [6.07, 6.45) is 1.78. The molecule has 1 atom stereocenters. The number of rotatable bonds is 10. The molecule has 1 heterocycles. The van der Waals surface area contributed by atoms with Gasteiger partial charge in [0, 0.05) is 12.6 Å². The summed E-state index contributed by atoms with van der Waals surface area (Å²) in [6, 6.07) is 10.8. The summed E-state index contributed by atoms with van der Waals surface area (Å²) < 4.78 is 26.4. The summed E-state index contributed by atoms with van der Waals surface area (Å²) in [4.78, 5) is 25.1. The van der Waals surface area contributed by atoms with E-state index in [4.69, 9.17) is 4.74 Å². The average Bonchev–Trinajstić information content (AvgIpc) is 2.82. The highest BCUT2D eigenvalue weighted by molar-refractivity contribution is 5.76. The van der Waals surface area contributed by atoms with Gasteiger partial charge in [-0.25, -0.2) is 9.18 Å². The molecule has 34 heavy (non-hydrogen) atoms. The zero-order valence-electron chi connectivity index (χ0n) is 20.0. The van der Waals surface area contributed by atoms with Gasteiger partial charge < -0.3 is 24.8 Å². The van der Waals surface area contributed by atoms with Crippen LogP contribution in [0, 0.1) is 11.7 Å². The third-order valence-electron chi connectivity index (χ3n) is 6.08. The second-order valence-electron chi connectivity index (χ2n) is 9.00. The van der Waals surface area contributed by atoms with Crippen molar-refractivity contribution >= 4 is 17.7 Å². The van der Waals surface area contributed by atoms with Gasteiger partial charge in [0.25, 0.3) is 0 Å². The highest BCUT2D eigenvalue weighted by Crippen LogP contribution is 2.38. The Labute approximate surface area is 199 Å². The average molecular weight is 473 g/mol. The number of carboxylic acid groups (broad SMARTS) is 1. The second kappa shape index (κ2) is 11.7. The van der Waals surface area contributed by atoms with E-state index in [0.717, 1.165) is 18.4 Å². The molecule has 0 aliphatic carbocycles. The first kappa shape index (κ1) is 25.3. The number of methoxy groups -OCH3 is 1. The van der Waals surface area contributed by atoms with Gasteiger partial charge in [0.15, 0.2) is 5.82 Å². The number of carbonyl (C=O) groups is 2. The molecule has 8 heteroatoms. The third kappa shape index (κ3) is 6.40. The second-order valence-corrected chi connectivity index (χ2v) is 9.00. The Morgan fingerprint density at radius 1 is 1.26 bits per heavy atom. The Balaban J connectivity index is 1.91. The monoisotopic (exact) mass is 472 g/mol. The van der Waals surface area contributed by atoms with Gasteiger partial charge in [-0.05, 0) is 41.5 Å². The van der Waals surface area contributed by atoms with Crippen molar-refractivity contribution in [3.63, 3.8) is 0 Å². The van der Waals surface area contributed by atoms with Crippen molar-refractivity contribution in [3.05, 3.63) is 58.9 Å². The molecular formula is C26H33FN2O5. The van der Waals surface area contributed by atoms with E-state index >= 15 is 4.39 Å². The van der Waals surface area contributed by atoms with Crippen molar-refractivity contribution in [2.45, 2.75) is 58.7 Å². The van der Waals surface area contributed by atoms with Crippen LogP contribution in [-0.2, 0) is 29.1 Å². The van der Waals surface area contributed by atoms with Crippen LogP contribution in [-0.4, -0.2) is 41.8 Å². The molecule has 1 aliphatic rings. The number of anilines is 1. The van der Waals surface area contributed by atoms with Crippen molar-refractivity contribution in [1.82, 2.24) is 4.90 Å². The Morgan fingerprint density at radius 3 is 2.65 bits per heavy atom. The van der Waals surface area contributed by atoms with E-state index in [1.54, 1.807) is 6.07 Å². The standard InChI is InChI=1S/C26H33FN2O5/c1-17(2)8-7-11-20-13-21-19(15-29(20)26(31)32)12-22(34-16-18-9-5-4-6-10-18)25(24(21)27)28-14-23(30)33-3/h4-6,9-10,12,17,20,28H,7-8,11,13-16H2,1-3H3,(H,31,32)/t20-/m0/s1. The van der Waals surface area contributed by atoms with Crippen LogP contribution >= 0.6 is 0 Å². The molecule has 0 bridgehead atoms. The molecule has 3 rings (SSSR count). The topological polar surface area (TPSA) is 88.1 Å². The Bertz CT molecular complexity index is 996. The first-order valence-electron chi connectivity index (χ1n) is 11.6. The van der Waals surface area contributed by atoms with Crippen LogP contribution in [0.1, 0.15) is 49.8 Å². The van der Waals surface area contributed by atoms with E-state index in [2.05, 4.69) is 23.9 Å². The van der Waals surface area contributed by atoms with E-state index in [1.165, 1.54) is 12.0 Å². The van der Waals surface area contributed by atoms with E-state index < -0.39 is 17.9 Å². The molecule has 0 fully saturated rings. The Kier molecular flexibility index (Phi) is 8.73. The number of esters is 1. The molecule has 7 nitrogen and oxygen atoms in total. The lowest BCUT2D eigenvalue weighted by atomic mass is 9.89. The molecule has 2 aromatic rings. The van der Waals surface area contributed by atoms with Gasteiger partial charge in [-0.1, -0.05) is 57.0 Å². The first-order chi connectivity index (χ1) is 16.3. The Hall–Kier alpha value is -3.29. The van der Waals surface area contributed by atoms with Crippen LogP contribution in [0.5, 0.6) is 5.75 Å². The maximum absolute atomic E-state index is 15.8. The van der Waals surface area contributed by atoms with Gasteiger partial charge in [0.1, 0.15) is 24.6 Å². The highest BCUT2D eigenvalue weighted by Gasteiger charge is 2.33. The number of carbonyl (C=O) groups excluding carboxylic acids is 1. The molecule has 184 valence electrons. The summed E-state index contributed by atoms with van der Waals surface area (Å²) in [6.45, 7) is 4.33. The number of fused-ring (bicyclic) bond motifs is 1. The van der Waals surface area contributed by atoms with E-state index in [0.29, 0.717) is 23.5 Å². The van der Waals surface area contributed by atoms with Gasteiger partial charge >= 0.3 is 12.1 Å². The number of hydrogen-bond donors (Lipinski definition) is 2. The normalized spacial score (nSPS) is 15.1. The number of hydrogen-bond acceptors (Lipinski definition) is 5. The fourth-order valence-electron chi connectivity index (χ4n) is 4.23. The van der Waals surface area contributed by atoms with Crippen molar-refractivity contribution in [2.75, 3.05) is 19.0 Å². The van der Waals surface area contributed by atoms with Crippen LogP contribution in [0.25, 0.3) is 0 Å². The number of halogens is 1. The van der Waals surface area contributed by atoms with Crippen molar-refractivity contribution in [2.24, 2.45) is 5.92 Å². The number of nitrogens with zero attached hydrogens (tertiary/aromatic N) is 1. The highest BCUT2D eigenvalue weighted by atomic mass is 19.1. The van der Waals surface area contributed by atoms with E-state index in [9.17, 15) is 14.7 Å². The molecule has 2 aromatic carbocycles. The van der Waals surface area contributed by atoms with Crippen LogP contribution < -0.4 is 10.1 Å². The predicted molar refractivity (Wildman–Crippen MR) is 127 cm³/mol. The fraction of sp³-hybridized carbons (Fsp3) is 0.462. The molecule has 0 saturated heterocycles. The maximum atomic E-state index is 15.8. The molecule has 0 radical (unpaired) electrons. The van der Waals surface area contributed by atoms with Crippen LogP contribution in [0.3, 0.4) is 0 Å². The number of ether oxygens (including phenoxy) is 2. The number of benzene rings is 2. The third-order valence-corrected chi connectivity index (χ3v) is 6.08. The largest absolute Gasteiger partial charge is 0.487 e. The summed E-state index contributed by atoms with van der Waals surface area (Å²) in [5.74, 6) is -0.296. The summed E-state index contributed by atoms with van der Waals surface area (Å²) in [7, 11) is 1.27. The molecular weight excluding hydrogens is 439 g/mol. The van der Waals surface area contributed by atoms with Crippen molar-refractivity contribution in [1.29, 1.82) is 0 Å². The first-order valence-corrected chi connectivity index (χ1v) is 11.6. The van der Waals surface area contributed by atoms with E-state index in [1.807, 2.05) is 30.3 Å². The lowest BCUT2D eigenvalue weighted by Gasteiger charge is -2.36. The van der Waals surface area contributed by atoms with Crippen LogP contribution in [0.15, 0.2) is 36.4 Å². The lowest BCUT2D eigenvalue weighted by Crippen LogP contribution is -2.44. The van der Waals surface area contributed by atoms with Gasteiger partial charge in [-0.2, -0.15) is 0 Å². The summed E-state index contributed by atoms with van der Waals surface area (Å²) in [5, 5.41) is 12.6. The summed E-state index contributed by atoms with van der Waals surface area (Å²) in [5.41, 5.74) is 2.03. The molecule has 1 amide bonds. The summed E-state index contributed by atoms with van der Waals surface area (Å²) >= 11 is 0. The maximum Gasteiger partial charge on any atom is 0.407 e. The van der Waals surface area contributed by atoms with Crippen molar-refractivity contribution in [3.8, 4) is 5.75 Å². The van der Waals surface area contributed by atoms with Gasteiger partial charge in [0.2, 0.25) is 0 Å². The van der Waals surface area contributed by atoms with E-state index in [-0.39, 0.29) is 43.6 Å². The van der Waals surface area contributed by atoms with Gasteiger partial charge in [-0.3, -0.25) is 4.79 Å². The predicted octanol–water partition coefficient (Wildman–Crippen LogP) is 5.22. The van der Waals surface area contributed by atoms with Gasteiger partial charge in [0.05, 0.1) is 7.11 Å². The minimum absolute atomic E-state index is 0.0878. The zero-order valence-corrected chi connectivity index (χ0v) is 20.0. The molecule has 1 aliphatic heterocycles. The van der Waals surface area contributed by atoms with Crippen LogP contribution in [0.2, 0.25) is 0 Å². The quantitative estimate of drug-likeness (QED) is 0.461. The molecule has 2 N–H and O–H groups in total. The SMILES string of the molecule is COC(=O)CNc1c(OCc2ccccc2)cc2c(c1F)C[C@H](CCCC(C)C)N(C(=O)O)C2. The van der Waals surface area contributed by atoms with Crippen molar-refractivity contribution < 1.29 is 28.6 Å². The smallest absolute Gasteiger partial charge is 0.407 e. The Morgan fingerprint density at radius 2 is 2.00 bits per heavy atom. The minimum Gasteiger partial charge on any atom is -0.487 e. The number of amides is 1. The molecule has 0 unspecified atom stereocenters. The zero-order chi connectivity index (χ0) is 24.7. The van der Waals surface area contributed by atoms with Crippen LogP contribution in [0.4, 0.5) is 14.9 Å². The van der Waals surface area contributed by atoms with Gasteiger partial charge in [-0.15, -0.1) is 0 Å². The lowest BCUT2D eigenvalue weighted by molar-refractivity contribution is -0.138.